The summed E-state index contributed by atoms with van der Waals surface area (Å²) in [5, 5.41) is 0. The van der Waals surface area contributed by atoms with E-state index < -0.39 is 6.09 Å². The molecule has 2 aromatic rings. The Morgan fingerprint density at radius 1 is 1.20 bits per heavy atom. The smallest absolute Gasteiger partial charge is 0.414 e. The van der Waals surface area contributed by atoms with E-state index >= 15 is 0 Å². The first-order chi connectivity index (χ1) is 9.74. The SMILES string of the molecule is O=C(OCc1ccccc1)N1CCc2ccc(F)cc21. The summed E-state index contributed by atoms with van der Waals surface area (Å²) in [4.78, 5) is 13.6. The Morgan fingerprint density at radius 3 is 2.80 bits per heavy atom. The molecule has 1 amide bonds. The van der Waals surface area contributed by atoms with E-state index in [2.05, 4.69) is 0 Å². The van der Waals surface area contributed by atoms with Gasteiger partial charge in [-0.1, -0.05) is 36.4 Å². The van der Waals surface area contributed by atoms with E-state index in [-0.39, 0.29) is 12.4 Å². The summed E-state index contributed by atoms with van der Waals surface area (Å²) in [7, 11) is 0. The normalized spacial score (nSPS) is 13.2. The summed E-state index contributed by atoms with van der Waals surface area (Å²) in [5.41, 5.74) is 2.52. The van der Waals surface area contributed by atoms with Crippen LogP contribution in [0.5, 0.6) is 0 Å². The molecule has 0 bridgehead atoms. The van der Waals surface area contributed by atoms with Crippen molar-refractivity contribution in [2.75, 3.05) is 11.4 Å². The van der Waals surface area contributed by atoms with E-state index in [4.69, 9.17) is 4.74 Å². The number of rotatable bonds is 2. The van der Waals surface area contributed by atoms with Crippen molar-refractivity contribution in [2.45, 2.75) is 13.0 Å². The van der Waals surface area contributed by atoms with Crippen molar-refractivity contribution in [1.29, 1.82) is 0 Å². The number of fused-ring (bicyclic) bond motifs is 1. The fourth-order valence-corrected chi connectivity index (χ4v) is 2.34. The maximum absolute atomic E-state index is 13.3. The van der Waals surface area contributed by atoms with Gasteiger partial charge in [-0.05, 0) is 29.7 Å². The first-order valence-electron chi connectivity index (χ1n) is 6.51. The molecule has 1 aliphatic heterocycles. The maximum atomic E-state index is 13.3. The average Bonchev–Trinajstić information content (AvgIpc) is 2.89. The molecule has 3 nitrogen and oxygen atoms in total. The van der Waals surface area contributed by atoms with Crippen LogP contribution in [-0.2, 0) is 17.8 Å². The molecule has 20 heavy (non-hydrogen) atoms. The van der Waals surface area contributed by atoms with Crippen LogP contribution in [0.1, 0.15) is 11.1 Å². The van der Waals surface area contributed by atoms with Crippen LogP contribution in [0.3, 0.4) is 0 Å². The third kappa shape index (κ3) is 2.50. The van der Waals surface area contributed by atoms with Gasteiger partial charge in [-0.3, -0.25) is 4.90 Å². The van der Waals surface area contributed by atoms with Gasteiger partial charge < -0.3 is 4.74 Å². The Bertz CT molecular complexity index is 628. The second kappa shape index (κ2) is 5.33. The molecule has 1 aliphatic rings. The van der Waals surface area contributed by atoms with Crippen molar-refractivity contribution in [2.24, 2.45) is 0 Å². The molecule has 102 valence electrons. The monoisotopic (exact) mass is 271 g/mol. The van der Waals surface area contributed by atoms with E-state index in [1.807, 2.05) is 30.3 Å². The number of carbonyl (C=O) groups is 1. The molecule has 0 aliphatic carbocycles. The second-order valence-electron chi connectivity index (χ2n) is 4.71. The van der Waals surface area contributed by atoms with Gasteiger partial charge in [-0.2, -0.15) is 0 Å². The molecule has 0 saturated heterocycles. The lowest BCUT2D eigenvalue weighted by molar-refractivity contribution is 0.147. The number of benzene rings is 2. The molecule has 0 fully saturated rings. The van der Waals surface area contributed by atoms with Gasteiger partial charge in [-0.25, -0.2) is 9.18 Å². The van der Waals surface area contributed by atoms with Gasteiger partial charge in [-0.15, -0.1) is 0 Å². The number of halogens is 1. The van der Waals surface area contributed by atoms with E-state index in [0.717, 1.165) is 17.5 Å². The summed E-state index contributed by atoms with van der Waals surface area (Å²) in [5.74, 6) is -0.341. The molecule has 0 atom stereocenters. The molecule has 2 aromatic carbocycles. The summed E-state index contributed by atoms with van der Waals surface area (Å²) in [6.07, 6.45) is 0.300. The highest BCUT2D eigenvalue weighted by atomic mass is 19.1. The number of ether oxygens (including phenoxy) is 1. The summed E-state index contributed by atoms with van der Waals surface area (Å²) in [6.45, 7) is 0.757. The predicted octanol–water partition coefficient (Wildman–Crippen LogP) is 3.53. The van der Waals surface area contributed by atoms with Crippen molar-refractivity contribution in [3.05, 3.63) is 65.5 Å². The van der Waals surface area contributed by atoms with Crippen LogP contribution in [0.4, 0.5) is 14.9 Å². The van der Waals surface area contributed by atoms with Crippen LogP contribution in [0.15, 0.2) is 48.5 Å². The molecule has 3 rings (SSSR count). The Balaban J connectivity index is 1.69. The fourth-order valence-electron chi connectivity index (χ4n) is 2.34. The largest absolute Gasteiger partial charge is 0.444 e. The lowest BCUT2D eigenvalue weighted by Gasteiger charge is -2.17. The first-order valence-corrected chi connectivity index (χ1v) is 6.51. The van der Waals surface area contributed by atoms with Crippen molar-refractivity contribution >= 4 is 11.8 Å². The van der Waals surface area contributed by atoms with Gasteiger partial charge in [0.2, 0.25) is 0 Å². The van der Waals surface area contributed by atoms with E-state index in [0.29, 0.717) is 12.2 Å². The van der Waals surface area contributed by atoms with Gasteiger partial charge in [0, 0.05) is 6.54 Å². The lowest BCUT2D eigenvalue weighted by atomic mass is 10.2. The van der Waals surface area contributed by atoms with Gasteiger partial charge >= 0.3 is 6.09 Å². The molecule has 1 heterocycles. The number of anilines is 1. The lowest BCUT2D eigenvalue weighted by Crippen LogP contribution is -2.29. The molecule has 0 radical (unpaired) electrons. The maximum Gasteiger partial charge on any atom is 0.414 e. The molecule has 0 saturated carbocycles. The van der Waals surface area contributed by atoms with Crippen molar-refractivity contribution in [3.8, 4) is 0 Å². The Kier molecular flexibility index (Phi) is 3.37. The minimum atomic E-state index is -0.432. The van der Waals surface area contributed by atoms with Crippen molar-refractivity contribution < 1.29 is 13.9 Å². The highest BCUT2D eigenvalue weighted by Gasteiger charge is 2.26. The topological polar surface area (TPSA) is 29.5 Å². The standard InChI is InChI=1S/C16H14FNO2/c17-14-7-6-13-8-9-18(15(13)10-14)16(19)20-11-12-4-2-1-3-5-12/h1-7,10H,8-9,11H2. The van der Waals surface area contributed by atoms with Gasteiger partial charge in [0.25, 0.3) is 0 Å². The molecule has 0 unspecified atom stereocenters. The highest BCUT2D eigenvalue weighted by Crippen LogP contribution is 2.29. The van der Waals surface area contributed by atoms with Gasteiger partial charge in [0.15, 0.2) is 0 Å². The third-order valence-electron chi connectivity index (χ3n) is 3.37. The fraction of sp³-hybridized carbons (Fsp3) is 0.188. The van der Waals surface area contributed by atoms with E-state index in [1.165, 1.54) is 17.0 Å². The first kappa shape index (κ1) is 12.7. The number of nitrogens with zero attached hydrogens (tertiary/aromatic N) is 1. The highest BCUT2D eigenvalue weighted by molar-refractivity contribution is 5.90. The van der Waals surface area contributed by atoms with Crippen molar-refractivity contribution in [3.63, 3.8) is 0 Å². The zero-order valence-corrected chi connectivity index (χ0v) is 10.9. The van der Waals surface area contributed by atoms with Crippen LogP contribution in [0.2, 0.25) is 0 Å². The van der Waals surface area contributed by atoms with Crippen molar-refractivity contribution in [1.82, 2.24) is 0 Å². The third-order valence-corrected chi connectivity index (χ3v) is 3.37. The van der Waals surface area contributed by atoms with Crippen LogP contribution < -0.4 is 4.90 Å². The average molecular weight is 271 g/mol. The predicted molar refractivity (Wildman–Crippen MR) is 74.1 cm³/mol. The van der Waals surface area contributed by atoms with Crippen LogP contribution in [-0.4, -0.2) is 12.6 Å². The zero-order chi connectivity index (χ0) is 13.9. The van der Waals surface area contributed by atoms with E-state index in [9.17, 15) is 9.18 Å². The minimum absolute atomic E-state index is 0.223. The number of carbonyl (C=O) groups excluding carboxylic acids is 1. The van der Waals surface area contributed by atoms with Crippen LogP contribution in [0, 0.1) is 5.82 Å². The zero-order valence-electron chi connectivity index (χ0n) is 10.9. The van der Waals surface area contributed by atoms with Gasteiger partial charge in [0.05, 0.1) is 5.69 Å². The van der Waals surface area contributed by atoms with Gasteiger partial charge in [0.1, 0.15) is 12.4 Å². The summed E-state index contributed by atoms with van der Waals surface area (Å²) < 4.78 is 18.5. The quantitative estimate of drug-likeness (QED) is 0.836. The van der Waals surface area contributed by atoms with Crippen LogP contribution >= 0.6 is 0 Å². The molecule has 0 aromatic heterocycles. The minimum Gasteiger partial charge on any atom is -0.444 e. The number of hydrogen-bond acceptors (Lipinski definition) is 2. The second-order valence-corrected chi connectivity index (χ2v) is 4.71. The Labute approximate surface area is 116 Å². The molecule has 0 spiro atoms. The molecule has 4 heteroatoms. The molecule has 0 N–H and O–H groups in total. The van der Waals surface area contributed by atoms with E-state index in [1.54, 1.807) is 6.07 Å². The Morgan fingerprint density at radius 2 is 2.00 bits per heavy atom. The molecular formula is C16H14FNO2. The number of amides is 1. The van der Waals surface area contributed by atoms with Crippen LogP contribution in [0.25, 0.3) is 0 Å². The summed E-state index contributed by atoms with van der Waals surface area (Å²) in [6, 6.07) is 14.0. The Hall–Kier alpha value is -2.36. The summed E-state index contributed by atoms with van der Waals surface area (Å²) >= 11 is 0. The number of hydrogen-bond donors (Lipinski definition) is 0. The molecular weight excluding hydrogens is 257 g/mol.